The summed E-state index contributed by atoms with van der Waals surface area (Å²) >= 11 is 0. The Hall–Kier alpha value is -3.01. The molecule has 0 atom stereocenters. The highest BCUT2D eigenvalue weighted by Gasteiger charge is 2.26. The Kier molecular flexibility index (Phi) is 3.58. The van der Waals surface area contributed by atoms with Crippen LogP contribution in [0.5, 0.6) is 5.75 Å². The highest BCUT2D eigenvalue weighted by Crippen LogP contribution is 2.30. The second kappa shape index (κ2) is 5.89. The van der Waals surface area contributed by atoms with Gasteiger partial charge in [-0.05, 0) is 42.0 Å². The molecule has 3 aromatic rings. The number of fused-ring (bicyclic) bond motifs is 2. The molecule has 2 aromatic carbocycles. The summed E-state index contributed by atoms with van der Waals surface area (Å²) in [6, 6.07) is 20.3. The molecule has 119 valence electrons. The lowest BCUT2D eigenvalue weighted by atomic mass is 10.1. The molecule has 1 aliphatic heterocycles. The molecule has 4 nitrogen and oxygen atoms in total. The number of benzene rings is 2. The lowest BCUT2D eigenvalue weighted by Gasteiger charge is -2.23. The summed E-state index contributed by atoms with van der Waals surface area (Å²) in [5.41, 5.74) is 3.73. The van der Waals surface area contributed by atoms with Crippen LogP contribution in [0.15, 0.2) is 60.8 Å². The van der Waals surface area contributed by atoms with Crippen molar-refractivity contribution in [3.8, 4) is 5.75 Å². The molecule has 0 aliphatic carbocycles. The van der Waals surface area contributed by atoms with Gasteiger partial charge in [0.25, 0.3) is 5.91 Å². The van der Waals surface area contributed by atoms with Crippen molar-refractivity contribution in [2.24, 2.45) is 0 Å². The van der Waals surface area contributed by atoms with Gasteiger partial charge in [-0.15, -0.1) is 0 Å². The van der Waals surface area contributed by atoms with E-state index < -0.39 is 0 Å². The van der Waals surface area contributed by atoms with Gasteiger partial charge in [-0.2, -0.15) is 0 Å². The number of rotatable bonds is 2. The third-order valence-electron chi connectivity index (χ3n) is 4.39. The fourth-order valence-electron chi connectivity index (χ4n) is 3.17. The van der Waals surface area contributed by atoms with Crippen molar-refractivity contribution in [1.82, 2.24) is 4.57 Å². The van der Waals surface area contributed by atoms with Crippen molar-refractivity contribution in [2.45, 2.75) is 13.1 Å². The van der Waals surface area contributed by atoms with Crippen LogP contribution in [0, 0.1) is 6.07 Å². The molecule has 1 aromatic heterocycles. The molecule has 0 spiro atoms. The number of hydrogen-bond donors (Lipinski definition) is 0. The summed E-state index contributed by atoms with van der Waals surface area (Å²) in [5, 5.41) is 0. The SMILES string of the molecule is COc1c[c]ccc1C(=O)N1Cc2cccn2Cc2ccccc21. The largest absolute Gasteiger partial charge is 0.496 e. The highest BCUT2D eigenvalue weighted by molar-refractivity contribution is 6.08. The van der Waals surface area contributed by atoms with E-state index in [-0.39, 0.29) is 5.91 Å². The smallest absolute Gasteiger partial charge is 0.262 e. The molecule has 24 heavy (non-hydrogen) atoms. The van der Waals surface area contributed by atoms with E-state index in [1.165, 1.54) is 0 Å². The lowest BCUT2D eigenvalue weighted by Crippen LogP contribution is -2.30. The van der Waals surface area contributed by atoms with Crippen molar-refractivity contribution in [2.75, 3.05) is 12.0 Å². The Morgan fingerprint density at radius 1 is 1.12 bits per heavy atom. The van der Waals surface area contributed by atoms with E-state index in [0.717, 1.165) is 23.5 Å². The second-order valence-electron chi connectivity index (χ2n) is 5.77. The molecule has 0 saturated heterocycles. The number of nitrogens with zero attached hydrogens (tertiary/aromatic N) is 2. The molecule has 2 heterocycles. The van der Waals surface area contributed by atoms with Crippen molar-refractivity contribution in [3.63, 3.8) is 0 Å². The number of carbonyl (C=O) groups is 1. The number of aromatic nitrogens is 1. The minimum absolute atomic E-state index is 0.0667. The van der Waals surface area contributed by atoms with Crippen molar-refractivity contribution >= 4 is 11.6 Å². The molecular weight excluding hydrogens is 300 g/mol. The van der Waals surface area contributed by atoms with Gasteiger partial charge in [0.2, 0.25) is 0 Å². The van der Waals surface area contributed by atoms with Crippen LogP contribution in [0.2, 0.25) is 0 Å². The van der Waals surface area contributed by atoms with Crippen molar-refractivity contribution < 1.29 is 9.53 Å². The fourth-order valence-corrected chi connectivity index (χ4v) is 3.17. The summed E-state index contributed by atoms with van der Waals surface area (Å²) in [7, 11) is 1.57. The van der Waals surface area contributed by atoms with Crippen LogP contribution in [0.4, 0.5) is 5.69 Å². The average molecular weight is 317 g/mol. The summed E-state index contributed by atoms with van der Waals surface area (Å²) in [6.07, 6.45) is 2.05. The number of anilines is 1. The van der Waals surface area contributed by atoms with Gasteiger partial charge in [-0.25, -0.2) is 0 Å². The van der Waals surface area contributed by atoms with E-state index in [1.54, 1.807) is 25.3 Å². The van der Waals surface area contributed by atoms with Gasteiger partial charge >= 0.3 is 0 Å². The summed E-state index contributed by atoms with van der Waals surface area (Å²) in [5.74, 6) is 0.475. The maximum absolute atomic E-state index is 13.2. The molecule has 1 amide bonds. The van der Waals surface area contributed by atoms with Gasteiger partial charge < -0.3 is 14.2 Å². The maximum atomic E-state index is 13.2. The zero-order chi connectivity index (χ0) is 16.5. The third-order valence-corrected chi connectivity index (χ3v) is 4.39. The van der Waals surface area contributed by atoms with Crippen molar-refractivity contribution in [1.29, 1.82) is 0 Å². The molecule has 1 aliphatic rings. The van der Waals surface area contributed by atoms with Gasteiger partial charge in [0.15, 0.2) is 0 Å². The summed E-state index contributed by atoms with van der Waals surface area (Å²) < 4.78 is 7.53. The minimum Gasteiger partial charge on any atom is -0.496 e. The number of para-hydroxylation sites is 1. The second-order valence-corrected chi connectivity index (χ2v) is 5.77. The number of amides is 1. The predicted molar refractivity (Wildman–Crippen MR) is 92.3 cm³/mol. The monoisotopic (exact) mass is 317 g/mol. The van der Waals surface area contributed by atoms with Gasteiger partial charge in [0.05, 0.1) is 19.2 Å². The number of hydrogen-bond acceptors (Lipinski definition) is 2. The molecule has 0 fully saturated rings. The Morgan fingerprint density at radius 3 is 2.88 bits per heavy atom. The van der Waals surface area contributed by atoms with E-state index in [2.05, 4.69) is 29.0 Å². The first-order valence-corrected chi connectivity index (χ1v) is 7.86. The van der Waals surface area contributed by atoms with Crippen LogP contribution >= 0.6 is 0 Å². The lowest BCUT2D eigenvalue weighted by molar-refractivity contribution is 0.0982. The minimum atomic E-state index is -0.0667. The molecule has 4 heteroatoms. The fraction of sp³-hybridized carbons (Fsp3) is 0.150. The molecule has 0 saturated carbocycles. The zero-order valence-electron chi connectivity index (χ0n) is 13.4. The van der Waals surface area contributed by atoms with Crippen molar-refractivity contribution in [3.05, 3.63) is 83.7 Å². The van der Waals surface area contributed by atoms with Crippen LogP contribution in [0.25, 0.3) is 0 Å². The number of methoxy groups -OCH3 is 1. The van der Waals surface area contributed by atoms with E-state index in [4.69, 9.17) is 4.74 Å². The Balaban J connectivity index is 1.83. The van der Waals surface area contributed by atoms with E-state index in [1.807, 2.05) is 29.2 Å². The van der Waals surface area contributed by atoms with Crippen LogP contribution < -0.4 is 9.64 Å². The Morgan fingerprint density at radius 2 is 2.00 bits per heavy atom. The van der Waals surface area contributed by atoms with E-state index in [0.29, 0.717) is 17.9 Å². The quantitative estimate of drug-likeness (QED) is 0.725. The molecule has 1 radical (unpaired) electrons. The first kappa shape index (κ1) is 14.6. The van der Waals surface area contributed by atoms with E-state index >= 15 is 0 Å². The molecular formula is C20H17N2O2. The number of ether oxygens (including phenoxy) is 1. The van der Waals surface area contributed by atoms with Gasteiger partial charge in [-0.3, -0.25) is 4.79 Å². The molecule has 0 unspecified atom stereocenters. The Bertz CT molecular complexity index is 898. The summed E-state index contributed by atoms with van der Waals surface area (Å²) in [4.78, 5) is 15.1. The highest BCUT2D eigenvalue weighted by atomic mass is 16.5. The molecule has 0 N–H and O–H groups in total. The third kappa shape index (κ3) is 2.36. The van der Waals surface area contributed by atoms with Crippen LogP contribution in [0.3, 0.4) is 0 Å². The van der Waals surface area contributed by atoms with Gasteiger partial charge in [0.1, 0.15) is 5.75 Å². The normalized spacial score (nSPS) is 13.0. The van der Waals surface area contributed by atoms with Crippen LogP contribution in [-0.2, 0) is 13.1 Å². The van der Waals surface area contributed by atoms with E-state index in [9.17, 15) is 4.79 Å². The van der Waals surface area contributed by atoms with Crippen LogP contribution in [-0.4, -0.2) is 17.6 Å². The predicted octanol–water partition coefficient (Wildman–Crippen LogP) is 3.51. The first-order chi connectivity index (χ1) is 11.8. The average Bonchev–Trinajstić information content (AvgIpc) is 3.00. The Labute approximate surface area is 140 Å². The van der Waals surface area contributed by atoms with Gasteiger partial charge in [-0.1, -0.05) is 24.3 Å². The maximum Gasteiger partial charge on any atom is 0.262 e. The molecule has 0 bridgehead atoms. The summed E-state index contributed by atoms with van der Waals surface area (Å²) in [6.45, 7) is 1.30. The standard InChI is InChI=1S/C20H17N2O2/c1-24-19-11-5-3-9-17(19)20(23)22-14-16-8-6-12-21(16)13-15-7-2-4-10-18(15)22/h2-4,6-12H,13-14H2,1H3. The zero-order valence-corrected chi connectivity index (χ0v) is 13.4. The molecule has 4 rings (SSSR count). The number of carbonyl (C=O) groups excluding carboxylic acids is 1. The first-order valence-electron chi connectivity index (χ1n) is 7.86. The van der Waals surface area contributed by atoms with Gasteiger partial charge in [0, 0.05) is 24.1 Å². The topological polar surface area (TPSA) is 34.5 Å². The van der Waals surface area contributed by atoms with Crippen LogP contribution in [0.1, 0.15) is 21.6 Å².